The number of nitrogens with one attached hydrogen (secondary N) is 2. The van der Waals surface area contributed by atoms with E-state index in [0.717, 1.165) is 12.0 Å². The summed E-state index contributed by atoms with van der Waals surface area (Å²) in [6.45, 7) is 2.54. The molecule has 0 saturated carbocycles. The van der Waals surface area contributed by atoms with Crippen LogP contribution in [0.1, 0.15) is 18.9 Å². The normalized spacial score (nSPS) is 12.3. The average Bonchev–Trinajstić information content (AvgIpc) is 2.49. The zero-order valence-corrected chi connectivity index (χ0v) is 14.4. The molecule has 0 aliphatic rings. The summed E-state index contributed by atoms with van der Waals surface area (Å²) in [5.41, 5.74) is 1.12. The monoisotopic (exact) mass is 365 g/mol. The second kappa shape index (κ2) is 11.1. The van der Waals surface area contributed by atoms with Crippen molar-refractivity contribution < 1.29 is 17.9 Å². The molecule has 4 nitrogen and oxygen atoms in total. The van der Waals surface area contributed by atoms with E-state index in [0.29, 0.717) is 37.0 Å². The number of benzene rings is 1. The number of guanidine groups is 1. The Morgan fingerprint density at radius 3 is 2.75 bits per heavy atom. The van der Waals surface area contributed by atoms with Crippen molar-refractivity contribution in [1.82, 2.24) is 10.6 Å². The van der Waals surface area contributed by atoms with Gasteiger partial charge in [-0.05, 0) is 37.5 Å². The van der Waals surface area contributed by atoms with Gasteiger partial charge in [0.2, 0.25) is 0 Å². The Balaban J connectivity index is 2.27. The maximum atomic E-state index is 11.9. The molecule has 0 aliphatic carbocycles. The molecule has 1 aromatic carbocycles. The van der Waals surface area contributed by atoms with Gasteiger partial charge in [-0.3, -0.25) is 4.99 Å². The van der Waals surface area contributed by atoms with E-state index in [1.165, 1.54) is 0 Å². The van der Waals surface area contributed by atoms with E-state index >= 15 is 0 Å². The molecule has 1 rings (SSSR count). The number of nitrogens with zero attached hydrogens (tertiary/aromatic N) is 1. The van der Waals surface area contributed by atoms with Crippen LogP contribution in [0.4, 0.5) is 13.2 Å². The Kier molecular flexibility index (Phi) is 9.56. The third-order valence-electron chi connectivity index (χ3n) is 2.92. The molecular weight excluding hydrogens is 343 g/mol. The van der Waals surface area contributed by atoms with Gasteiger partial charge in [-0.15, -0.1) is 0 Å². The van der Waals surface area contributed by atoms with Crippen LogP contribution >= 0.6 is 11.6 Å². The molecule has 136 valence electrons. The van der Waals surface area contributed by atoms with Crippen LogP contribution in [0, 0.1) is 0 Å². The number of rotatable bonds is 9. The van der Waals surface area contributed by atoms with Gasteiger partial charge in [-0.2, -0.15) is 13.2 Å². The summed E-state index contributed by atoms with van der Waals surface area (Å²) in [6.07, 6.45) is -3.05. The second-order valence-corrected chi connectivity index (χ2v) is 5.53. The van der Waals surface area contributed by atoms with Crippen molar-refractivity contribution in [2.75, 3.05) is 32.8 Å². The van der Waals surface area contributed by atoms with Crippen LogP contribution in [-0.2, 0) is 11.2 Å². The number of halogens is 4. The van der Waals surface area contributed by atoms with Gasteiger partial charge in [0.1, 0.15) is 6.61 Å². The van der Waals surface area contributed by atoms with Gasteiger partial charge >= 0.3 is 6.18 Å². The van der Waals surface area contributed by atoms with Crippen molar-refractivity contribution in [3.05, 3.63) is 34.9 Å². The SMILES string of the molecule is CCNC(=NCCCOCC(F)(F)F)NCCc1cccc(Cl)c1. The molecular formula is C16H23ClF3N3O. The third-order valence-corrected chi connectivity index (χ3v) is 3.16. The Morgan fingerprint density at radius 1 is 1.29 bits per heavy atom. The van der Waals surface area contributed by atoms with Gasteiger partial charge in [0, 0.05) is 31.3 Å². The first-order valence-corrected chi connectivity index (χ1v) is 8.19. The smallest absolute Gasteiger partial charge is 0.372 e. The summed E-state index contributed by atoms with van der Waals surface area (Å²) in [5, 5.41) is 6.97. The molecule has 0 radical (unpaired) electrons. The standard InChI is InChI=1S/C16H23ClF3N3O/c1-2-21-15(22-8-4-10-24-12-16(18,19)20)23-9-7-13-5-3-6-14(17)11-13/h3,5-6,11H,2,4,7-10,12H2,1H3,(H2,21,22,23). The molecule has 24 heavy (non-hydrogen) atoms. The first-order valence-electron chi connectivity index (χ1n) is 7.82. The zero-order valence-electron chi connectivity index (χ0n) is 13.6. The highest BCUT2D eigenvalue weighted by Gasteiger charge is 2.27. The fraction of sp³-hybridized carbons (Fsp3) is 0.562. The minimum Gasteiger partial charge on any atom is -0.372 e. The summed E-state index contributed by atoms with van der Waals surface area (Å²) >= 11 is 5.94. The van der Waals surface area contributed by atoms with Crippen molar-refractivity contribution >= 4 is 17.6 Å². The quantitative estimate of drug-likeness (QED) is 0.400. The maximum Gasteiger partial charge on any atom is 0.411 e. The van der Waals surface area contributed by atoms with Crippen molar-refractivity contribution in [2.45, 2.75) is 25.9 Å². The fourth-order valence-corrected chi connectivity index (χ4v) is 2.12. The predicted molar refractivity (Wildman–Crippen MR) is 90.6 cm³/mol. The van der Waals surface area contributed by atoms with E-state index in [9.17, 15) is 13.2 Å². The number of hydrogen-bond donors (Lipinski definition) is 2. The molecule has 2 N–H and O–H groups in total. The molecule has 0 aliphatic heterocycles. The van der Waals surface area contributed by atoms with E-state index < -0.39 is 12.8 Å². The van der Waals surface area contributed by atoms with Crippen molar-refractivity contribution in [3.63, 3.8) is 0 Å². The molecule has 0 saturated heterocycles. The summed E-state index contributed by atoms with van der Waals surface area (Å²) < 4.78 is 40.3. The van der Waals surface area contributed by atoms with E-state index in [1.54, 1.807) is 0 Å². The Labute approximate surface area is 145 Å². The van der Waals surface area contributed by atoms with Crippen LogP contribution in [0.15, 0.2) is 29.3 Å². The number of ether oxygens (including phenoxy) is 1. The van der Waals surface area contributed by atoms with Gasteiger partial charge in [-0.1, -0.05) is 23.7 Å². The molecule has 1 aromatic rings. The lowest BCUT2D eigenvalue weighted by molar-refractivity contribution is -0.173. The van der Waals surface area contributed by atoms with Gasteiger partial charge < -0.3 is 15.4 Å². The van der Waals surface area contributed by atoms with E-state index in [-0.39, 0.29) is 6.61 Å². The van der Waals surface area contributed by atoms with Gasteiger partial charge in [0.05, 0.1) is 0 Å². The van der Waals surface area contributed by atoms with Crippen LogP contribution in [0.2, 0.25) is 5.02 Å². The highest BCUT2D eigenvalue weighted by atomic mass is 35.5. The lowest BCUT2D eigenvalue weighted by atomic mass is 10.1. The first kappa shape index (κ1) is 20.6. The van der Waals surface area contributed by atoms with Crippen LogP contribution in [0.3, 0.4) is 0 Å². The molecule has 0 bridgehead atoms. The molecule has 0 unspecified atom stereocenters. The van der Waals surface area contributed by atoms with Crippen LogP contribution in [0.25, 0.3) is 0 Å². The lowest BCUT2D eigenvalue weighted by Gasteiger charge is -2.11. The molecule has 0 aromatic heterocycles. The third kappa shape index (κ3) is 10.3. The molecule has 0 amide bonds. The van der Waals surface area contributed by atoms with E-state index in [1.807, 2.05) is 31.2 Å². The molecule has 0 heterocycles. The highest BCUT2D eigenvalue weighted by molar-refractivity contribution is 6.30. The summed E-state index contributed by atoms with van der Waals surface area (Å²) in [4.78, 5) is 4.30. The molecule has 0 fully saturated rings. The number of aliphatic imine (C=N–C) groups is 1. The fourth-order valence-electron chi connectivity index (χ4n) is 1.90. The van der Waals surface area contributed by atoms with Crippen LogP contribution in [0.5, 0.6) is 0 Å². The highest BCUT2D eigenvalue weighted by Crippen LogP contribution is 2.14. The average molecular weight is 366 g/mol. The van der Waals surface area contributed by atoms with Crippen LogP contribution in [-0.4, -0.2) is 45.0 Å². The van der Waals surface area contributed by atoms with Crippen LogP contribution < -0.4 is 10.6 Å². The number of alkyl halides is 3. The van der Waals surface area contributed by atoms with E-state index in [2.05, 4.69) is 20.4 Å². The van der Waals surface area contributed by atoms with Crippen molar-refractivity contribution in [1.29, 1.82) is 0 Å². The first-order chi connectivity index (χ1) is 11.4. The lowest BCUT2D eigenvalue weighted by Crippen LogP contribution is -2.38. The Morgan fingerprint density at radius 2 is 2.08 bits per heavy atom. The van der Waals surface area contributed by atoms with Gasteiger partial charge in [-0.25, -0.2) is 0 Å². The minimum atomic E-state index is -4.28. The van der Waals surface area contributed by atoms with Crippen molar-refractivity contribution in [2.24, 2.45) is 4.99 Å². The summed E-state index contributed by atoms with van der Waals surface area (Å²) in [5.74, 6) is 0.635. The maximum absolute atomic E-state index is 11.9. The van der Waals surface area contributed by atoms with Gasteiger partial charge in [0.15, 0.2) is 5.96 Å². The predicted octanol–water partition coefficient (Wildman–Crippen LogP) is 3.41. The summed E-state index contributed by atoms with van der Waals surface area (Å²) in [7, 11) is 0. The molecule has 0 spiro atoms. The van der Waals surface area contributed by atoms with E-state index in [4.69, 9.17) is 11.6 Å². The Bertz CT molecular complexity index is 510. The molecule has 8 heteroatoms. The second-order valence-electron chi connectivity index (χ2n) is 5.09. The number of hydrogen-bond acceptors (Lipinski definition) is 2. The zero-order chi connectivity index (χ0) is 17.8. The topological polar surface area (TPSA) is 45.7 Å². The minimum absolute atomic E-state index is 0.0327. The Hall–Kier alpha value is -1.47. The summed E-state index contributed by atoms with van der Waals surface area (Å²) in [6, 6.07) is 7.63. The molecule has 0 atom stereocenters. The largest absolute Gasteiger partial charge is 0.411 e. The van der Waals surface area contributed by atoms with Crippen molar-refractivity contribution in [3.8, 4) is 0 Å². The van der Waals surface area contributed by atoms with Gasteiger partial charge in [0.25, 0.3) is 0 Å².